The normalized spacial score (nSPS) is 9.81. The highest BCUT2D eigenvalue weighted by Crippen LogP contribution is 2.10. The van der Waals surface area contributed by atoms with Gasteiger partial charge in [0, 0.05) is 19.0 Å². The number of aliphatic carboxylic acids is 1. The second kappa shape index (κ2) is 6.07. The van der Waals surface area contributed by atoms with Crippen LogP contribution < -0.4 is 5.32 Å². The van der Waals surface area contributed by atoms with Crippen molar-refractivity contribution in [1.82, 2.24) is 4.98 Å². The maximum absolute atomic E-state index is 11.3. The van der Waals surface area contributed by atoms with E-state index in [1.54, 1.807) is 12.1 Å². The third-order valence-corrected chi connectivity index (χ3v) is 2.01. The number of pyridine rings is 1. The van der Waals surface area contributed by atoms with Crippen LogP contribution in [0.4, 0.5) is 5.82 Å². The molecule has 5 nitrogen and oxygen atoms in total. The van der Waals surface area contributed by atoms with Crippen molar-refractivity contribution in [2.75, 3.05) is 5.32 Å². The number of carboxylic acids is 1. The van der Waals surface area contributed by atoms with Crippen molar-refractivity contribution in [2.24, 2.45) is 0 Å². The van der Waals surface area contributed by atoms with Crippen LogP contribution in [0.15, 0.2) is 18.3 Å². The van der Waals surface area contributed by atoms with E-state index < -0.39 is 5.97 Å². The molecule has 1 amide bonds. The number of nitrogens with zero attached hydrogens (tertiary/aromatic N) is 1. The number of carbonyl (C=O) groups excluding carboxylic acids is 1. The molecule has 0 spiro atoms. The second-order valence-electron chi connectivity index (χ2n) is 3.16. The molecule has 0 aliphatic rings. The Morgan fingerprint density at radius 2 is 2.12 bits per heavy atom. The first-order valence-corrected chi connectivity index (χ1v) is 5.09. The summed E-state index contributed by atoms with van der Waals surface area (Å²) in [5.74, 6) is -0.752. The number of anilines is 1. The van der Waals surface area contributed by atoms with Gasteiger partial charge in [0.25, 0.3) is 0 Å². The van der Waals surface area contributed by atoms with Gasteiger partial charge in [-0.3, -0.25) is 9.59 Å². The Hall–Kier alpha value is -1.62. The van der Waals surface area contributed by atoms with E-state index >= 15 is 0 Å². The van der Waals surface area contributed by atoms with E-state index in [2.05, 4.69) is 10.3 Å². The molecule has 0 aromatic carbocycles. The van der Waals surface area contributed by atoms with E-state index in [0.717, 1.165) is 0 Å². The zero-order valence-electron chi connectivity index (χ0n) is 8.44. The standard InChI is InChI=1S/C10H11ClN2O3/c11-7-4-5-8(12-6-7)13-9(14)2-1-3-10(15)16/h4-6H,1-3H2,(H,15,16)(H,12,13,14). The number of halogens is 1. The number of hydrogen-bond acceptors (Lipinski definition) is 3. The maximum Gasteiger partial charge on any atom is 0.303 e. The lowest BCUT2D eigenvalue weighted by molar-refractivity contribution is -0.137. The van der Waals surface area contributed by atoms with Gasteiger partial charge in [-0.2, -0.15) is 0 Å². The first kappa shape index (κ1) is 12.4. The predicted molar refractivity (Wildman–Crippen MR) is 59.4 cm³/mol. The van der Waals surface area contributed by atoms with Gasteiger partial charge in [-0.15, -0.1) is 0 Å². The molecule has 1 rings (SSSR count). The summed E-state index contributed by atoms with van der Waals surface area (Å²) in [4.78, 5) is 25.4. The molecular formula is C10H11ClN2O3. The number of carbonyl (C=O) groups is 2. The first-order chi connectivity index (χ1) is 7.58. The van der Waals surface area contributed by atoms with Crippen LogP contribution in [0.25, 0.3) is 0 Å². The van der Waals surface area contributed by atoms with E-state index in [4.69, 9.17) is 16.7 Å². The molecular weight excluding hydrogens is 232 g/mol. The lowest BCUT2D eigenvalue weighted by Gasteiger charge is -2.03. The van der Waals surface area contributed by atoms with Crippen molar-refractivity contribution >= 4 is 29.3 Å². The Kier molecular flexibility index (Phi) is 4.72. The summed E-state index contributed by atoms with van der Waals surface area (Å²) in [7, 11) is 0. The van der Waals surface area contributed by atoms with Crippen LogP contribution in [0, 0.1) is 0 Å². The van der Waals surface area contributed by atoms with Crippen molar-refractivity contribution in [3.05, 3.63) is 23.4 Å². The lowest BCUT2D eigenvalue weighted by Crippen LogP contribution is -2.12. The van der Waals surface area contributed by atoms with Gasteiger partial charge in [0.1, 0.15) is 5.82 Å². The molecule has 0 saturated carbocycles. The van der Waals surface area contributed by atoms with Crippen molar-refractivity contribution in [3.63, 3.8) is 0 Å². The van der Waals surface area contributed by atoms with Gasteiger partial charge in [-0.1, -0.05) is 11.6 Å². The van der Waals surface area contributed by atoms with Crippen LogP contribution >= 0.6 is 11.6 Å². The highest BCUT2D eigenvalue weighted by molar-refractivity contribution is 6.30. The van der Waals surface area contributed by atoms with E-state index in [1.165, 1.54) is 6.20 Å². The zero-order valence-corrected chi connectivity index (χ0v) is 9.20. The minimum Gasteiger partial charge on any atom is -0.481 e. The highest BCUT2D eigenvalue weighted by atomic mass is 35.5. The van der Waals surface area contributed by atoms with Gasteiger partial charge in [0.15, 0.2) is 0 Å². The average molecular weight is 243 g/mol. The fraction of sp³-hybridized carbons (Fsp3) is 0.300. The number of rotatable bonds is 5. The van der Waals surface area contributed by atoms with Gasteiger partial charge in [-0.25, -0.2) is 4.98 Å². The number of carboxylic acid groups (broad SMARTS) is 1. The van der Waals surface area contributed by atoms with E-state index in [-0.39, 0.29) is 18.7 Å². The van der Waals surface area contributed by atoms with Crippen molar-refractivity contribution < 1.29 is 14.7 Å². The third kappa shape index (κ3) is 4.75. The van der Waals surface area contributed by atoms with E-state index in [0.29, 0.717) is 17.3 Å². The summed E-state index contributed by atoms with van der Waals surface area (Å²) < 4.78 is 0. The summed E-state index contributed by atoms with van der Waals surface area (Å²) in [6.45, 7) is 0. The Morgan fingerprint density at radius 3 is 2.69 bits per heavy atom. The van der Waals surface area contributed by atoms with E-state index in [9.17, 15) is 9.59 Å². The summed E-state index contributed by atoms with van der Waals surface area (Å²) in [6, 6.07) is 3.19. The number of nitrogens with one attached hydrogen (secondary N) is 1. The summed E-state index contributed by atoms with van der Waals surface area (Å²) in [5.41, 5.74) is 0. The van der Waals surface area contributed by atoms with Crippen LogP contribution in [-0.4, -0.2) is 22.0 Å². The van der Waals surface area contributed by atoms with Crippen LogP contribution in [-0.2, 0) is 9.59 Å². The van der Waals surface area contributed by atoms with Gasteiger partial charge in [-0.05, 0) is 18.6 Å². The molecule has 0 aliphatic heterocycles. The molecule has 6 heteroatoms. The highest BCUT2D eigenvalue weighted by Gasteiger charge is 2.04. The quantitative estimate of drug-likeness (QED) is 0.827. The molecule has 86 valence electrons. The van der Waals surface area contributed by atoms with Gasteiger partial charge < -0.3 is 10.4 Å². The van der Waals surface area contributed by atoms with Crippen LogP contribution in [0.3, 0.4) is 0 Å². The van der Waals surface area contributed by atoms with Gasteiger partial charge >= 0.3 is 5.97 Å². The van der Waals surface area contributed by atoms with Gasteiger partial charge in [0.05, 0.1) is 5.02 Å². The van der Waals surface area contributed by atoms with Gasteiger partial charge in [0.2, 0.25) is 5.91 Å². The smallest absolute Gasteiger partial charge is 0.303 e. The fourth-order valence-corrected chi connectivity index (χ4v) is 1.17. The predicted octanol–water partition coefficient (Wildman–Crippen LogP) is 1.93. The second-order valence-corrected chi connectivity index (χ2v) is 3.59. The van der Waals surface area contributed by atoms with Crippen LogP contribution in [0.5, 0.6) is 0 Å². The van der Waals surface area contributed by atoms with Crippen LogP contribution in [0.2, 0.25) is 5.02 Å². The summed E-state index contributed by atoms with van der Waals surface area (Å²) >= 11 is 5.63. The molecule has 0 radical (unpaired) electrons. The molecule has 2 N–H and O–H groups in total. The largest absolute Gasteiger partial charge is 0.481 e. The Labute approximate surface area is 97.4 Å². The number of amides is 1. The topological polar surface area (TPSA) is 79.3 Å². The molecule has 0 bridgehead atoms. The molecule has 0 aliphatic carbocycles. The summed E-state index contributed by atoms with van der Waals surface area (Å²) in [5, 5.41) is 11.4. The monoisotopic (exact) mass is 242 g/mol. The molecule has 0 atom stereocenters. The van der Waals surface area contributed by atoms with Crippen molar-refractivity contribution in [3.8, 4) is 0 Å². The first-order valence-electron chi connectivity index (χ1n) is 4.71. The van der Waals surface area contributed by atoms with Crippen molar-refractivity contribution in [2.45, 2.75) is 19.3 Å². The molecule has 1 aromatic heterocycles. The number of aromatic nitrogens is 1. The third-order valence-electron chi connectivity index (χ3n) is 1.79. The lowest BCUT2D eigenvalue weighted by atomic mass is 10.2. The molecule has 0 unspecified atom stereocenters. The SMILES string of the molecule is O=C(O)CCCC(=O)Nc1ccc(Cl)cn1. The minimum atomic E-state index is -0.905. The molecule has 16 heavy (non-hydrogen) atoms. The minimum absolute atomic E-state index is 0.0124. The molecule has 0 saturated heterocycles. The Bertz CT molecular complexity index is 378. The zero-order chi connectivity index (χ0) is 12.0. The van der Waals surface area contributed by atoms with E-state index in [1.807, 2.05) is 0 Å². The van der Waals surface area contributed by atoms with Crippen molar-refractivity contribution in [1.29, 1.82) is 0 Å². The maximum atomic E-state index is 11.3. The Balaban J connectivity index is 2.34. The fourth-order valence-electron chi connectivity index (χ4n) is 1.06. The molecule has 0 fully saturated rings. The van der Waals surface area contributed by atoms with Crippen LogP contribution in [0.1, 0.15) is 19.3 Å². The average Bonchev–Trinajstić information content (AvgIpc) is 2.21. The Morgan fingerprint density at radius 1 is 1.38 bits per heavy atom. The molecule has 1 aromatic rings. The number of hydrogen-bond donors (Lipinski definition) is 2. The molecule has 1 heterocycles. The summed E-state index contributed by atoms with van der Waals surface area (Å²) in [6.07, 6.45) is 1.89.